The molecule has 0 saturated heterocycles. The third kappa shape index (κ3) is 2.80. The topological polar surface area (TPSA) is 66.8 Å². The number of fused-ring (bicyclic) bond motifs is 2. The maximum Gasteiger partial charge on any atom is 0.218 e. The molecule has 2 aromatic rings. The van der Waals surface area contributed by atoms with Gasteiger partial charge in [0.2, 0.25) is 12.1 Å². The third-order valence-corrected chi connectivity index (χ3v) is 3.15. The van der Waals surface area contributed by atoms with Gasteiger partial charge in [-0.3, -0.25) is 4.79 Å². The van der Waals surface area contributed by atoms with Gasteiger partial charge in [-0.1, -0.05) is 18.2 Å². The number of ketones is 1. The fourth-order valence-electron chi connectivity index (χ4n) is 2.19. The van der Waals surface area contributed by atoms with Crippen LogP contribution in [-0.4, -0.2) is 51.8 Å². The number of benzene rings is 2. The van der Waals surface area contributed by atoms with E-state index in [9.17, 15) is 4.79 Å². The summed E-state index contributed by atoms with van der Waals surface area (Å²) in [5, 5.41) is 17.8. The van der Waals surface area contributed by atoms with Crippen molar-refractivity contribution in [1.82, 2.24) is 0 Å². The number of Topliss-reactive ketones (excluding diaryl/α,β-unsaturated/α-hetero) is 1. The Morgan fingerprint density at radius 1 is 1.05 bits per heavy atom. The van der Waals surface area contributed by atoms with Gasteiger partial charge in [-0.2, -0.15) is 0 Å². The first-order valence-corrected chi connectivity index (χ1v) is 5.94. The Bertz CT molecular complexity index is 652. The number of hydrogen-bond acceptors (Lipinski definition) is 4. The van der Waals surface area contributed by atoms with E-state index in [0.717, 1.165) is 16.9 Å². The van der Waals surface area contributed by atoms with E-state index in [-0.39, 0.29) is 35.1 Å². The first kappa shape index (κ1) is 15.2. The molecule has 1 heterocycles. The third-order valence-electron chi connectivity index (χ3n) is 3.15. The van der Waals surface area contributed by atoms with Gasteiger partial charge in [0, 0.05) is 47.1 Å². The van der Waals surface area contributed by atoms with E-state index in [0.29, 0.717) is 12.2 Å². The zero-order chi connectivity index (χ0) is 13.4. The molecule has 0 atom stereocenters. The molecule has 0 fully saturated rings. The van der Waals surface area contributed by atoms with Crippen LogP contribution in [0.3, 0.4) is 0 Å². The predicted octanol–water partition coefficient (Wildman–Crippen LogP) is 1.50. The maximum atomic E-state index is 11.5. The number of rotatable bonds is 2. The van der Waals surface area contributed by atoms with Gasteiger partial charge in [0.15, 0.2) is 0 Å². The molecule has 0 aromatic heterocycles. The van der Waals surface area contributed by atoms with Crippen LogP contribution in [0.2, 0.25) is 0 Å². The average Bonchev–Trinajstić information content (AvgIpc) is 2.43. The summed E-state index contributed by atoms with van der Waals surface area (Å²) in [5.74, 6) is 0.806. The molecule has 1 aliphatic heterocycles. The van der Waals surface area contributed by atoms with Crippen LogP contribution < -0.4 is 4.74 Å². The molecule has 1 radical (unpaired) electrons. The maximum absolute atomic E-state index is 11.5. The molecule has 5 heteroatoms. The Hall–Kier alpha value is -1.17. The molecular formula is C15H12NaO4. The van der Waals surface area contributed by atoms with E-state index in [1.54, 1.807) is 12.1 Å². The van der Waals surface area contributed by atoms with E-state index >= 15 is 0 Å². The van der Waals surface area contributed by atoms with Crippen LogP contribution in [0.25, 0.3) is 0 Å². The van der Waals surface area contributed by atoms with E-state index < -0.39 is 12.1 Å². The van der Waals surface area contributed by atoms with Crippen LogP contribution in [0.5, 0.6) is 11.5 Å². The number of aliphatic hydroxyl groups excluding tert-OH is 1. The summed E-state index contributed by atoms with van der Waals surface area (Å²) in [6.07, 6.45) is -1.32. The zero-order valence-electron chi connectivity index (χ0n) is 11.0. The first-order chi connectivity index (χ1) is 9.15. The molecule has 2 N–H and O–H groups in total. The summed E-state index contributed by atoms with van der Waals surface area (Å²) >= 11 is 0. The minimum absolute atomic E-state index is 0. The van der Waals surface area contributed by atoms with Crippen LogP contribution in [-0.2, 0) is 6.42 Å². The zero-order valence-corrected chi connectivity index (χ0v) is 13.0. The molecule has 4 nitrogen and oxygen atoms in total. The van der Waals surface area contributed by atoms with E-state index in [2.05, 4.69) is 0 Å². The standard InChI is InChI=1S/C15H12O4.Na/c16-14(15(17)18)10-5-6-13-11(8-10)7-9-3-1-2-4-12(9)19-13;/h1-6,8,15,17-18H,7H2;. The van der Waals surface area contributed by atoms with Crippen molar-refractivity contribution in [3.05, 3.63) is 59.2 Å². The van der Waals surface area contributed by atoms with Gasteiger partial charge in [-0.05, 0) is 29.8 Å². The number of carbonyl (C=O) groups is 1. The normalized spacial score (nSPS) is 11.9. The van der Waals surface area contributed by atoms with Crippen molar-refractivity contribution in [2.45, 2.75) is 12.7 Å². The van der Waals surface area contributed by atoms with E-state index in [1.807, 2.05) is 24.3 Å². The Morgan fingerprint density at radius 3 is 2.50 bits per heavy atom. The summed E-state index contributed by atoms with van der Waals surface area (Å²) < 4.78 is 5.74. The number of carbonyl (C=O) groups excluding carboxylic acids is 1. The van der Waals surface area contributed by atoms with Gasteiger partial charge in [-0.15, -0.1) is 0 Å². The summed E-state index contributed by atoms with van der Waals surface area (Å²) in [5.41, 5.74) is 2.19. The number of ether oxygens (including phenoxy) is 1. The largest absolute Gasteiger partial charge is 0.457 e. The molecule has 0 unspecified atom stereocenters. The molecular weight excluding hydrogens is 267 g/mol. The van der Waals surface area contributed by atoms with Crippen molar-refractivity contribution in [3.63, 3.8) is 0 Å². The van der Waals surface area contributed by atoms with Crippen LogP contribution in [0, 0.1) is 0 Å². The second kappa shape index (κ2) is 6.08. The van der Waals surface area contributed by atoms with Crippen LogP contribution in [0.15, 0.2) is 42.5 Å². The Balaban J connectivity index is 0.00000147. The summed E-state index contributed by atoms with van der Waals surface area (Å²) in [6, 6.07) is 12.6. The number of aliphatic hydroxyl groups is 2. The number of hydrogen-bond donors (Lipinski definition) is 2. The Kier molecular flexibility index (Phi) is 4.62. The molecule has 2 aromatic carbocycles. The summed E-state index contributed by atoms with van der Waals surface area (Å²) in [7, 11) is 0. The summed E-state index contributed by atoms with van der Waals surface area (Å²) in [6.45, 7) is 0. The van der Waals surface area contributed by atoms with Crippen LogP contribution in [0.4, 0.5) is 0 Å². The minimum atomic E-state index is -1.98. The van der Waals surface area contributed by atoms with Crippen molar-refractivity contribution >= 4 is 35.3 Å². The van der Waals surface area contributed by atoms with Gasteiger partial charge in [0.25, 0.3) is 0 Å². The Labute approximate surface area is 138 Å². The SMILES string of the molecule is O=C(c1ccc2c(c1)Cc1ccccc1O2)C(O)O.[Na]. The second-order valence-electron chi connectivity index (χ2n) is 4.45. The number of para-hydroxylation sites is 1. The van der Waals surface area contributed by atoms with Crippen LogP contribution in [0.1, 0.15) is 21.5 Å². The molecule has 0 spiro atoms. The van der Waals surface area contributed by atoms with Gasteiger partial charge in [-0.25, -0.2) is 0 Å². The van der Waals surface area contributed by atoms with Crippen molar-refractivity contribution in [2.75, 3.05) is 0 Å². The molecule has 20 heavy (non-hydrogen) atoms. The Morgan fingerprint density at radius 2 is 1.75 bits per heavy atom. The van der Waals surface area contributed by atoms with Crippen molar-refractivity contribution in [3.8, 4) is 11.5 Å². The van der Waals surface area contributed by atoms with E-state index in [1.165, 1.54) is 6.07 Å². The molecule has 0 saturated carbocycles. The van der Waals surface area contributed by atoms with Crippen LogP contribution >= 0.6 is 0 Å². The quantitative estimate of drug-likeness (QED) is 0.424. The van der Waals surface area contributed by atoms with Gasteiger partial charge in [0.1, 0.15) is 11.5 Å². The second-order valence-corrected chi connectivity index (χ2v) is 4.45. The fourth-order valence-corrected chi connectivity index (χ4v) is 2.19. The van der Waals surface area contributed by atoms with E-state index in [4.69, 9.17) is 14.9 Å². The predicted molar refractivity (Wildman–Crippen MR) is 74.1 cm³/mol. The van der Waals surface area contributed by atoms with Crippen molar-refractivity contribution in [1.29, 1.82) is 0 Å². The molecule has 0 aliphatic carbocycles. The molecule has 0 amide bonds. The smallest absolute Gasteiger partial charge is 0.218 e. The molecule has 97 valence electrons. The fraction of sp³-hybridized carbons (Fsp3) is 0.133. The molecule has 1 aliphatic rings. The van der Waals surface area contributed by atoms with Gasteiger partial charge < -0.3 is 14.9 Å². The first-order valence-electron chi connectivity index (χ1n) is 5.94. The van der Waals surface area contributed by atoms with Gasteiger partial charge in [0.05, 0.1) is 0 Å². The summed E-state index contributed by atoms with van der Waals surface area (Å²) in [4.78, 5) is 11.5. The minimum Gasteiger partial charge on any atom is -0.457 e. The monoisotopic (exact) mass is 279 g/mol. The van der Waals surface area contributed by atoms with Gasteiger partial charge >= 0.3 is 0 Å². The van der Waals surface area contributed by atoms with Crippen molar-refractivity contribution in [2.24, 2.45) is 0 Å². The average molecular weight is 279 g/mol. The molecule has 3 rings (SSSR count). The van der Waals surface area contributed by atoms with Crippen molar-refractivity contribution < 1.29 is 19.7 Å². The molecule has 0 bridgehead atoms.